The third-order valence-electron chi connectivity index (χ3n) is 6.88. The third-order valence-corrected chi connectivity index (χ3v) is 6.88. The fraction of sp³-hybridized carbons (Fsp3) is 0.286. The number of hydrazine groups is 2. The van der Waals surface area contributed by atoms with Gasteiger partial charge in [0, 0.05) is 5.56 Å². The molecular weight excluding hydrogens is 440 g/mol. The van der Waals surface area contributed by atoms with E-state index in [2.05, 4.69) is 21.6 Å². The summed E-state index contributed by atoms with van der Waals surface area (Å²) in [6.07, 6.45) is 0. The van der Waals surface area contributed by atoms with Gasteiger partial charge in [-0.25, -0.2) is 10.3 Å². The molecule has 1 aliphatic rings. The Hall–Kier alpha value is -3.84. The van der Waals surface area contributed by atoms with Crippen molar-refractivity contribution in [3.05, 3.63) is 92.0 Å². The Balaban J connectivity index is 1.63. The summed E-state index contributed by atoms with van der Waals surface area (Å²) < 4.78 is 12.1. The highest BCUT2D eigenvalue weighted by molar-refractivity contribution is 6.03. The second kappa shape index (κ2) is 9.80. The van der Waals surface area contributed by atoms with Gasteiger partial charge < -0.3 is 9.47 Å². The van der Waals surface area contributed by atoms with Crippen molar-refractivity contribution in [2.45, 2.75) is 55.1 Å². The lowest BCUT2D eigenvalue weighted by atomic mass is 9.92. The van der Waals surface area contributed by atoms with Crippen LogP contribution in [0.1, 0.15) is 60.4 Å². The lowest BCUT2D eigenvalue weighted by Gasteiger charge is -2.21. The van der Waals surface area contributed by atoms with Gasteiger partial charge in [0.25, 0.3) is 0 Å². The number of ether oxygens (including phenoxy) is 2. The Kier molecular flexibility index (Phi) is 6.80. The molecule has 182 valence electrons. The van der Waals surface area contributed by atoms with Crippen molar-refractivity contribution < 1.29 is 14.3 Å². The normalized spacial score (nSPS) is 12.6. The van der Waals surface area contributed by atoms with Gasteiger partial charge in [-0.05, 0) is 99.0 Å². The van der Waals surface area contributed by atoms with E-state index in [1.165, 1.54) is 0 Å². The lowest BCUT2D eigenvalue weighted by molar-refractivity contribution is 0.0730. The molecule has 0 unspecified atom stereocenters. The van der Waals surface area contributed by atoms with E-state index in [-0.39, 0.29) is 5.97 Å². The molecule has 0 atom stereocenters. The molecule has 7 heteroatoms. The zero-order chi connectivity index (χ0) is 25.3. The minimum atomic E-state index is -0.366. The Labute approximate surface area is 206 Å². The predicted molar refractivity (Wildman–Crippen MR) is 138 cm³/mol. The second-order valence-electron chi connectivity index (χ2n) is 9.01. The van der Waals surface area contributed by atoms with Crippen LogP contribution in [0, 0.1) is 48.5 Å². The van der Waals surface area contributed by atoms with E-state index in [9.17, 15) is 4.79 Å². The van der Waals surface area contributed by atoms with Gasteiger partial charge in [-0.1, -0.05) is 30.3 Å². The van der Waals surface area contributed by atoms with Crippen LogP contribution in [0.2, 0.25) is 0 Å². The molecule has 1 aliphatic heterocycles. The number of hydrazone groups is 1. The van der Waals surface area contributed by atoms with Crippen LogP contribution in [0.5, 0.6) is 11.5 Å². The van der Waals surface area contributed by atoms with Crippen LogP contribution in [-0.2, 0) is 6.61 Å². The Morgan fingerprint density at radius 2 is 1.51 bits per heavy atom. The summed E-state index contributed by atoms with van der Waals surface area (Å²) in [5.41, 5.74) is 17.6. The Morgan fingerprint density at radius 3 is 2.11 bits per heavy atom. The van der Waals surface area contributed by atoms with Crippen molar-refractivity contribution in [1.82, 2.24) is 16.5 Å². The number of carbonyl (C=O) groups is 1. The number of nitrogens with one attached hydrogen (secondary N) is 3. The number of hydrogen-bond donors (Lipinski definition) is 3. The van der Waals surface area contributed by atoms with Crippen LogP contribution < -0.4 is 26.0 Å². The number of aryl methyl sites for hydroxylation is 1. The van der Waals surface area contributed by atoms with Gasteiger partial charge in [0.2, 0.25) is 0 Å². The van der Waals surface area contributed by atoms with Gasteiger partial charge in [-0.15, -0.1) is 10.6 Å². The molecular formula is C28H32N4O3. The molecule has 3 aromatic rings. The first kappa shape index (κ1) is 24.3. The number of nitrogens with zero attached hydrogens (tertiary/aromatic N) is 1. The van der Waals surface area contributed by atoms with Gasteiger partial charge in [0.15, 0.2) is 5.84 Å². The number of esters is 1. The van der Waals surface area contributed by atoms with E-state index in [4.69, 9.17) is 9.47 Å². The van der Waals surface area contributed by atoms with Crippen LogP contribution in [0.15, 0.2) is 41.5 Å². The molecule has 3 N–H and O–H groups in total. The summed E-state index contributed by atoms with van der Waals surface area (Å²) in [6, 6.07) is 12.0. The van der Waals surface area contributed by atoms with Crippen LogP contribution in [0.25, 0.3) is 0 Å². The third kappa shape index (κ3) is 4.59. The van der Waals surface area contributed by atoms with Crippen molar-refractivity contribution in [2.24, 2.45) is 5.10 Å². The molecule has 7 nitrogen and oxygen atoms in total. The molecule has 0 amide bonds. The molecule has 4 rings (SSSR count). The number of carbonyl (C=O) groups excluding carboxylic acids is 1. The second-order valence-corrected chi connectivity index (χ2v) is 9.01. The average molecular weight is 473 g/mol. The standard InChI is InChI=1S/C28H32N4O3/c1-15-13-23(34-14-22-11-9-8-10-12-22)16(2)17(3)24(15)28(33)35-26-20(6)18(4)25(19(5)21(26)7)27-29-31-32-30-27/h8-13,31-32H,14H2,1-7H3,(H,29,30). The zero-order valence-corrected chi connectivity index (χ0v) is 21.3. The predicted octanol–water partition coefficient (Wildman–Crippen LogP) is 4.92. The molecule has 0 bridgehead atoms. The maximum atomic E-state index is 13.4. The van der Waals surface area contributed by atoms with Crippen LogP contribution in [0.4, 0.5) is 0 Å². The highest BCUT2D eigenvalue weighted by Crippen LogP contribution is 2.35. The summed E-state index contributed by atoms with van der Waals surface area (Å²) in [5.74, 6) is 1.71. The molecule has 0 radical (unpaired) electrons. The van der Waals surface area contributed by atoms with Crippen LogP contribution >= 0.6 is 0 Å². The molecule has 35 heavy (non-hydrogen) atoms. The first-order valence-electron chi connectivity index (χ1n) is 11.6. The smallest absolute Gasteiger partial charge is 0.344 e. The van der Waals surface area contributed by atoms with Crippen LogP contribution in [0.3, 0.4) is 0 Å². The molecule has 0 aromatic heterocycles. The first-order chi connectivity index (χ1) is 16.7. The molecule has 0 fully saturated rings. The fourth-order valence-corrected chi connectivity index (χ4v) is 4.49. The van der Waals surface area contributed by atoms with E-state index in [0.29, 0.717) is 23.8 Å². The number of benzene rings is 3. The summed E-state index contributed by atoms with van der Waals surface area (Å²) in [7, 11) is 0. The highest BCUT2D eigenvalue weighted by Gasteiger charge is 2.25. The minimum Gasteiger partial charge on any atom is -0.489 e. The van der Waals surface area contributed by atoms with E-state index in [1.807, 2.05) is 84.9 Å². The monoisotopic (exact) mass is 472 g/mol. The van der Waals surface area contributed by atoms with Crippen molar-refractivity contribution >= 4 is 11.8 Å². The number of hydrogen-bond acceptors (Lipinski definition) is 7. The van der Waals surface area contributed by atoms with E-state index >= 15 is 0 Å². The molecule has 0 spiro atoms. The lowest BCUT2D eigenvalue weighted by Crippen LogP contribution is -2.36. The van der Waals surface area contributed by atoms with Crippen molar-refractivity contribution in [3.63, 3.8) is 0 Å². The summed E-state index contributed by atoms with van der Waals surface area (Å²) in [4.78, 5) is 13.4. The van der Waals surface area contributed by atoms with Crippen molar-refractivity contribution in [1.29, 1.82) is 0 Å². The molecule has 0 saturated carbocycles. The quantitative estimate of drug-likeness (QED) is 0.349. The topological polar surface area (TPSA) is 84.0 Å². The molecule has 1 heterocycles. The van der Waals surface area contributed by atoms with E-state index in [0.717, 1.165) is 55.8 Å². The van der Waals surface area contributed by atoms with Gasteiger partial charge >= 0.3 is 5.97 Å². The Morgan fingerprint density at radius 1 is 0.857 bits per heavy atom. The van der Waals surface area contributed by atoms with Crippen molar-refractivity contribution in [3.8, 4) is 11.5 Å². The molecule has 0 saturated heterocycles. The Bertz CT molecular complexity index is 1300. The van der Waals surface area contributed by atoms with Gasteiger partial charge in [-0.2, -0.15) is 0 Å². The first-order valence-corrected chi connectivity index (χ1v) is 11.6. The zero-order valence-electron chi connectivity index (χ0n) is 21.3. The van der Waals surface area contributed by atoms with E-state index < -0.39 is 0 Å². The summed E-state index contributed by atoms with van der Waals surface area (Å²) in [6.45, 7) is 14.3. The minimum absolute atomic E-state index is 0.366. The highest BCUT2D eigenvalue weighted by atomic mass is 16.5. The van der Waals surface area contributed by atoms with Gasteiger partial charge in [0.1, 0.15) is 18.1 Å². The molecule has 3 aromatic carbocycles. The average Bonchev–Trinajstić information content (AvgIpc) is 3.37. The largest absolute Gasteiger partial charge is 0.489 e. The van der Waals surface area contributed by atoms with E-state index in [1.54, 1.807) is 0 Å². The van der Waals surface area contributed by atoms with Crippen molar-refractivity contribution in [2.75, 3.05) is 0 Å². The van der Waals surface area contributed by atoms with Crippen LogP contribution in [-0.4, -0.2) is 11.8 Å². The summed E-state index contributed by atoms with van der Waals surface area (Å²) in [5, 5.41) is 4.25. The maximum Gasteiger partial charge on any atom is 0.344 e. The summed E-state index contributed by atoms with van der Waals surface area (Å²) >= 11 is 0. The fourth-order valence-electron chi connectivity index (χ4n) is 4.49. The SMILES string of the molecule is Cc1cc(OCc2ccccc2)c(C)c(C)c1C(=O)Oc1c(C)c(C)c(C2=NNNN2)c(C)c1C. The van der Waals surface area contributed by atoms with Gasteiger partial charge in [0.05, 0.1) is 5.56 Å². The number of rotatable bonds is 6. The van der Waals surface area contributed by atoms with Gasteiger partial charge in [-0.3, -0.25) is 5.43 Å². The molecule has 0 aliphatic carbocycles. The number of amidine groups is 1. The maximum absolute atomic E-state index is 13.4.